The van der Waals surface area contributed by atoms with Crippen LogP contribution in [0.15, 0.2) is 4.99 Å². The van der Waals surface area contributed by atoms with E-state index in [1.54, 1.807) is 23.9 Å². The van der Waals surface area contributed by atoms with Crippen LogP contribution < -0.4 is 10.6 Å². The molecule has 1 rings (SSSR count). The smallest absolute Gasteiger partial charge is 0.412 e. The van der Waals surface area contributed by atoms with Gasteiger partial charge in [0.1, 0.15) is 11.3 Å². The fourth-order valence-electron chi connectivity index (χ4n) is 3.13. The van der Waals surface area contributed by atoms with E-state index in [1.807, 2.05) is 48.5 Å². The summed E-state index contributed by atoms with van der Waals surface area (Å²) in [4.78, 5) is 32.4. The van der Waals surface area contributed by atoms with Gasteiger partial charge < -0.3 is 25.0 Å². The SMILES string of the molecule is CCNC(=NCC1C(C)OC(C)(C)N1C(=O)OC(C)(C)C)NCCC(=O)N(C)C.I. The number of nitrogens with one attached hydrogen (secondary N) is 2. The zero-order chi connectivity index (χ0) is 22.4. The van der Waals surface area contributed by atoms with Crippen molar-refractivity contribution in [2.75, 3.05) is 33.7 Å². The maximum absolute atomic E-state index is 12.8. The number of carbonyl (C=O) groups is 2. The molecule has 0 aromatic rings. The van der Waals surface area contributed by atoms with Crippen LogP contribution in [0.1, 0.15) is 54.9 Å². The third-order valence-electron chi connectivity index (χ3n) is 4.43. The van der Waals surface area contributed by atoms with Crippen LogP contribution in [0, 0.1) is 0 Å². The van der Waals surface area contributed by atoms with E-state index < -0.39 is 17.4 Å². The van der Waals surface area contributed by atoms with E-state index in [9.17, 15) is 9.59 Å². The van der Waals surface area contributed by atoms with Gasteiger partial charge in [0, 0.05) is 33.6 Å². The van der Waals surface area contributed by atoms with Crippen LogP contribution in [-0.2, 0) is 14.3 Å². The molecular weight excluding hydrogens is 501 g/mol. The highest BCUT2D eigenvalue weighted by molar-refractivity contribution is 14.0. The van der Waals surface area contributed by atoms with Crippen molar-refractivity contribution in [3.8, 4) is 0 Å². The van der Waals surface area contributed by atoms with Crippen LogP contribution in [0.3, 0.4) is 0 Å². The Kier molecular flexibility index (Phi) is 11.4. The number of rotatable bonds is 6. The van der Waals surface area contributed by atoms with Crippen molar-refractivity contribution < 1.29 is 19.1 Å². The maximum atomic E-state index is 12.8. The lowest BCUT2D eigenvalue weighted by atomic mass is 10.1. The fraction of sp³-hybridized carbons (Fsp3) is 0.850. The highest BCUT2D eigenvalue weighted by Crippen LogP contribution is 2.33. The Bertz CT molecular complexity index is 604. The van der Waals surface area contributed by atoms with Gasteiger partial charge in [-0.05, 0) is 48.5 Å². The van der Waals surface area contributed by atoms with Gasteiger partial charge in [-0.2, -0.15) is 0 Å². The Hall–Kier alpha value is -1.30. The summed E-state index contributed by atoms with van der Waals surface area (Å²) in [5, 5.41) is 6.33. The lowest BCUT2D eigenvalue weighted by molar-refractivity contribution is -0.128. The molecule has 2 amide bonds. The van der Waals surface area contributed by atoms with Crippen molar-refractivity contribution in [2.24, 2.45) is 4.99 Å². The normalized spacial score (nSPS) is 21.0. The Labute approximate surface area is 198 Å². The highest BCUT2D eigenvalue weighted by atomic mass is 127. The van der Waals surface area contributed by atoms with Gasteiger partial charge in [-0.25, -0.2) is 4.79 Å². The molecule has 30 heavy (non-hydrogen) atoms. The first-order chi connectivity index (χ1) is 13.3. The minimum atomic E-state index is -0.786. The summed E-state index contributed by atoms with van der Waals surface area (Å²) in [6.07, 6.45) is -0.238. The average Bonchev–Trinajstić information content (AvgIpc) is 2.78. The molecule has 0 radical (unpaired) electrons. The highest BCUT2D eigenvalue weighted by Gasteiger charge is 2.49. The second kappa shape index (κ2) is 11.9. The second-order valence-corrected chi connectivity index (χ2v) is 8.87. The summed E-state index contributed by atoms with van der Waals surface area (Å²) in [7, 11) is 3.46. The standard InChI is InChI=1S/C20H39N5O4.HI/c1-10-21-17(22-12-11-16(26)24(8)9)23-13-15-14(2)28-20(6,7)25(15)18(27)29-19(3,4)5;/h14-15H,10-13H2,1-9H3,(H2,21,22,23);1H. The number of hydrogen-bond donors (Lipinski definition) is 2. The van der Waals surface area contributed by atoms with Crippen molar-refractivity contribution in [1.29, 1.82) is 0 Å². The summed E-state index contributed by atoms with van der Waals surface area (Å²) in [6.45, 7) is 14.6. The summed E-state index contributed by atoms with van der Waals surface area (Å²) in [6, 6.07) is -0.265. The Balaban J connectivity index is 0.00000841. The van der Waals surface area contributed by atoms with E-state index in [-0.39, 0.29) is 42.0 Å². The number of ether oxygens (including phenoxy) is 2. The second-order valence-electron chi connectivity index (χ2n) is 8.87. The topological polar surface area (TPSA) is 95.5 Å². The third kappa shape index (κ3) is 8.83. The van der Waals surface area contributed by atoms with Crippen molar-refractivity contribution in [3.63, 3.8) is 0 Å². The summed E-state index contributed by atoms with van der Waals surface area (Å²) >= 11 is 0. The van der Waals surface area contributed by atoms with E-state index in [0.717, 1.165) is 0 Å². The van der Waals surface area contributed by atoms with Gasteiger partial charge in [0.25, 0.3) is 0 Å². The molecule has 0 aliphatic carbocycles. The molecule has 2 unspecified atom stereocenters. The van der Waals surface area contributed by atoms with E-state index in [2.05, 4.69) is 15.6 Å². The summed E-state index contributed by atoms with van der Waals surface area (Å²) in [5.41, 5.74) is -1.38. The van der Waals surface area contributed by atoms with Crippen LogP contribution in [0.4, 0.5) is 4.79 Å². The number of guanidine groups is 1. The van der Waals surface area contributed by atoms with Gasteiger partial charge in [-0.1, -0.05) is 0 Å². The first kappa shape index (κ1) is 28.7. The minimum Gasteiger partial charge on any atom is -0.444 e. The zero-order valence-electron chi connectivity index (χ0n) is 19.9. The predicted molar refractivity (Wildman–Crippen MR) is 129 cm³/mol. The molecule has 2 N–H and O–H groups in total. The Morgan fingerprint density at radius 2 is 1.83 bits per heavy atom. The molecule has 2 atom stereocenters. The Morgan fingerprint density at radius 3 is 2.33 bits per heavy atom. The Morgan fingerprint density at radius 1 is 1.23 bits per heavy atom. The van der Waals surface area contributed by atoms with Gasteiger partial charge in [0.15, 0.2) is 5.96 Å². The predicted octanol–water partition coefficient (Wildman–Crippen LogP) is 2.40. The van der Waals surface area contributed by atoms with Crippen LogP contribution in [0.2, 0.25) is 0 Å². The number of carbonyl (C=O) groups excluding carboxylic acids is 2. The van der Waals surface area contributed by atoms with E-state index in [4.69, 9.17) is 9.47 Å². The molecule has 10 heteroatoms. The molecule has 0 bridgehead atoms. The van der Waals surface area contributed by atoms with Gasteiger partial charge >= 0.3 is 6.09 Å². The number of halogens is 1. The first-order valence-corrected chi connectivity index (χ1v) is 10.2. The van der Waals surface area contributed by atoms with Gasteiger partial charge in [0.05, 0.1) is 18.7 Å². The quantitative estimate of drug-likeness (QED) is 0.305. The molecule has 0 aromatic carbocycles. The molecule has 0 aromatic heterocycles. The lowest BCUT2D eigenvalue weighted by Gasteiger charge is -2.34. The molecule has 176 valence electrons. The van der Waals surface area contributed by atoms with E-state index in [0.29, 0.717) is 32.0 Å². The number of aliphatic imine (C=N–C) groups is 1. The molecule has 0 spiro atoms. The van der Waals surface area contributed by atoms with Gasteiger partial charge in [-0.15, -0.1) is 24.0 Å². The number of hydrogen-bond acceptors (Lipinski definition) is 5. The summed E-state index contributed by atoms with van der Waals surface area (Å²) in [5.74, 6) is 0.643. The third-order valence-corrected chi connectivity index (χ3v) is 4.43. The molecule has 0 saturated carbocycles. The van der Waals surface area contributed by atoms with Crippen molar-refractivity contribution >= 4 is 41.9 Å². The van der Waals surface area contributed by atoms with E-state index >= 15 is 0 Å². The molecular formula is C20H40IN5O4. The van der Waals surface area contributed by atoms with Gasteiger partial charge in [-0.3, -0.25) is 14.7 Å². The summed E-state index contributed by atoms with van der Waals surface area (Å²) < 4.78 is 11.6. The number of amides is 2. The zero-order valence-corrected chi connectivity index (χ0v) is 22.2. The number of nitrogens with zero attached hydrogens (tertiary/aromatic N) is 3. The maximum Gasteiger partial charge on any atom is 0.412 e. The van der Waals surface area contributed by atoms with Crippen LogP contribution in [0.5, 0.6) is 0 Å². The van der Waals surface area contributed by atoms with E-state index in [1.165, 1.54) is 0 Å². The minimum absolute atomic E-state index is 0. The first-order valence-electron chi connectivity index (χ1n) is 10.2. The van der Waals surface area contributed by atoms with Crippen molar-refractivity contribution in [3.05, 3.63) is 0 Å². The molecule has 1 aliphatic rings. The molecule has 1 aliphatic heterocycles. The van der Waals surface area contributed by atoms with Crippen LogP contribution >= 0.6 is 24.0 Å². The van der Waals surface area contributed by atoms with Crippen molar-refractivity contribution in [2.45, 2.75) is 78.4 Å². The monoisotopic (exact) mass is 541 g/mol. The van der Waals surface area contributed by atoms with Crippen molar-refractivity contribution in [1.82, 2.24) is 20.4 Å². The average molecular weight is 541 g/mol. The largest absolute Gasteiger partial charge is 0.444 e. The molecule has 1 heterocycles. The van der Waals surface area contributed by atoms with Gasteiger partial charge in [0.2, 0.25) is 5.91 Å². The van der Waals surface area contributed by atoms with Crippen LogP contribution in [0.25, 0.3) is 0 Å². The molecule has 1 saturated heterocycles. The fourth-order valence-corrected chi connectivity index (χ4v) is 3.13. The molecule has 9 nitrogen and oxygen atoms in total. The molecule has 1 fully saturated rings. The van der Waals surface area contributed by atoms with Crippen LogP contribution in [-0.4, -0.2) is 85.0 Å². The lowest BCUT2D eigenvalue weighted by Crippen LogP contribution is -2.51.